The fraction of sp³-hybridized carbons (Fsp3) is 0.389. The van der Waals surface area contributed by atoms with Crippen LogP contribution in [0.15, 0.2) is 42.7 Å². The summed E-state index contributed by atoms with van der Waals surface area (Å²) in [6.45, 7) is 5.14. The maximum absolute atomic E-state index is 12.5. The number of anilines is 2. The molecule has 1 amide bonds. The Bertz CT molecular complexity index is 702. The number of nitrogens with zero attached hydrogens (tertiary/aromatic N) is 4. The Morgan fingerprint density at radius 2 is 1.88 bits per heavy atom. The van der Waals surface area contributed by atoms with Gasteiger partial charge in [-0.1, -0.05) is 6.07 Å². The molecule has 0 bridgehead atoms. The van der Waals surface area contributed by atoms with Crippen molar-refractivity contribution >= 4 is 17.5 Å². The number of hydrogen-bond donors (Lipinski definition) is 1. The molecule has 1 aliphatic rings. The SMILES string of the molecule is COc1cccc(NC(=O)C(C)N2CCN(c3ncccn3)CC2)c1. The third kappa shape index (κ3) is 4.24. The molecule has 1 aliphatic heterocycles. The van der Waals surface area contributed by atoms with E-state index >= 15 is 0 Å². The Morgan fingerprint density at radius 3 is 2.56 bits per heavy atom. The molecule has 1 atom stereocenters. The third-order valence-electron chi connectivity index (χ3n) is 4.41. The third-order valence-corrected chi connectivity index (χ3v) is 4.41. The van der Waals surface area contributed by atoms with E-state index in [1.807, 2.05) is 37.3 Å². The van der Waals surface area contributed by atoms with E-state index in [1.54, 1.807) is 19.5 Å². The second kappa shape index (κ2) is 7.94. The number of hydrogen-bond acceptors (Lipinski definition) is 6. The first-order chi connectivity index (χ1) is 12.2. The molecule has 1 N–H and O–H groups in total. The summed E-state index contributed by atoms with van der Waals surface area (Å²) in [5, 5.41) is 2.96. The molecule has 1 aromatic heterocycles. The number of amides is 1. The maximum Gasteiger partial charge on any atom is 0.241 e. The van der Waals surface area contributed by atoms with Crippen molar-refractivity contribution in [3.63, 3.8) is 0 Å². The summed E-state index contributed by atoms with van der Waals surface area (Å²) < 4.78 is 5.19. The van der Waals surface area contributed by atoms with Crippen LogP contribution in [0.3, 0.4) is 0 Å². The topological polar surface area (TPSA) is 70.6 Å². The zero-order chi connectivity index (χ0) is 17.6. The molecule has 1 aromatic carbocycles. The van der Waals surface area contributed by atoms with Crippen LogP contribution in [0.2, 0.25) is 0 Å². The molecule has 0 spiro atoms. The van der Waals surface area contributed by atoms with Crippen LogP contribution in [0.4, 0.5) is 11.6 Å². The Labute approximate surface area is 147 Å². The quantitative estimate of drug-likeness (QED) is 0.891. The van der Waals surface area contributed by atoms with Crippen LogP contribution in [0.25, 0.3) is 0 Å². The zero-order valence-corrected chi connectivity index (χ0v) is 14.6. The highest BCUT2D eigenvalue weighted by molar-refractivity contribution is 5.94. The van der Waals surface area contributed by atoms with E-state index < -0.39 is 0 Å². The minimum absolute atomic E-state index is 0.0161. The molecule has 3 rings (SSSR count). The molecule has 25 heavy (non-hydrogen) atoms. The molecule has 7 heteroatoms. The van der Waals surface area contributed by atoms with Crippen LogP contribution in [-0.4, -0.2) is 60.1 Å². The summed E-state index contributed by atoms with van der Waals surface area (Å²) >= 11 is 0. The molecule has 0 radical (unpaired) electrons. The van der Waals surface area contributed by atoms with E-state index in [0.717, 1.165) is 43.6 Å². The normalized spacial score (nSPS) is 16.3. The molecule has 0 aliphatic carbocycles. The lowest BCUT2D eigenvalue weighted by Gasteiger charge is -2.37. The van der Waals surface area contributed by atoms with Crippen molar-refractivity contribution in [1.29, 1.82) is 0 Å². The van der Waals surface area contributed by atoms with Crippen LogP contribution in [0.5, 0.6) is 5.75 Å². The first kappa shape index (κ1) is 17.2. The molecule has 7 nitrogen and oxygen atoms in total. The van der Waals surface area contributed by atoms with E-state index in [2.05, 4.69) is 25.1 Å². The first-order valence-electron chi connectivity index (χ1n) is 8.38. The van der Waals surface area contributed by atoms with E-state index in [9.17, 15) is 4.79 Å². The lowest BCUT2D eigenvalue weighted by Crippen LogP contribution is -2.53. The highest BCUT2D eigenvalue weighted by Crippen LogP contribution is 2.18. The summed E-state index contributed by atoms with van der Waals surface area (Å²) in [6.07, 6.45) is 3.50. The van der Waals surface area contributed by atoms with E-state index in [1.165, 1.54) is 0 Å². The lowest BCUT2D eigenvalue weighted by molar-refractivity contribution is -0.120. The second-order valence-corrected chi connectivity index (χ2v) is 5.97. The van der Waals surface area contributed by atoms with Gasteiger partial charge in [0.05, 0.1) is 13.2 Å². The standard InChI is InChI=1S/C18H23N5O2/c1-14(17(24)21-15-5-3-6-16(13-15)25-2)22-9-11-23(12-10-22)18-19-7-4-8-20-18/h3-8,13-14H,9-12H2,1-2H3,(H,21,24). The summed E-state index contributed by atoms with van der Waals surface area (Å²) in [7, 11) is 1.61. The van der Waals surface area contributed by atoms with Crippen molar-refractivity contribution in [2.75, 3.05) is 43.5 Å². The molecule has 1 fully saturated rings. The highest BCUT2D eigenvalue weighted by atomic mass is 16.5. The Balaban J connectivity index is 1.54. The van der Waals surface area contributed by atoms with Gasteiger partial charge in [0.15, 0.2) is 0 Å². The summed E-state index contributed by atoms with van der Waals surface area (Å²) in [6, 6.07) is 8.99. The monoisotopic (exact) mass is 341 g/mol. The molecule has 1 saturated heterocycles. The number of methoxy groups -OCH3 is 1. The fourth-order valence-corrected chi connectivity index (χ4v) is 2.88. The van der Waals surface area contributed by atoms with Gasteiger partial charge in [-0.2, -0.15) is 0 Å². The Morgan fingerprint density at radius 1 is 1.16 bits per heavy atom. The number of carbonyl (C=O) groups excluding carboxylic acids is 1. The molecule has 2 aromatic rings. The zero-order valence-electron chi connectivity index (χ0n) is 14.6. The maximum atomic E-state index is 12.5. The van der Waals surface area contributed by atoms with Crippen molar-refractivity contribution in [3.8, 4) is 5.75 Å². The van der Waals surface area contributed by atoms with Crippen LogP contribution in [0, 0.1) is 0 Å². The number of carbonyl (C=O) groups is 1. The number of piperazine rings is 1. The molecule has 0 saturated carbocycles. The number of ether oxygens (including phenoxy) is 1. The molecule has 1 unspecified atom stereocenters. The van der Waals surface area contributed by atoms with Gasteiger partial charge in [-0.25, -0.2) is 9.97 Å². The smallest absolute Gasteiger partial charge is 0.241 e. The van der Waals surface area contributed by atoms with Gasteiger partial charge in [0.25, 0.3) is 0 Å². The number of nitrogens with one attached hydrogen (secondary N) is 1. The summed E-state index contributed by atoms with van der Waals surface area (Å²) in [5.41, 5.74) is 0.743. The van der Waals surface area contributed by atoms with Crippen molar-refractivity contribution in [1.82, 2.24) is 14.9 Å². The summed E-state index contributed by atoms with van der Waals surface area (Å²) in [5.74, 6) is 1.45. The largest absolute Gasteiger partial charge is 0.497 e. The van der Waals surface area contributed by atoms with E-state index in [0.29, 0.717) is 0 Å². The first-order valence-corrected chi connectivity index (χ1v) is 8.38. The van der Waals surface area contributed by atoms with E-state index in [4.69, 9.17) is 4.74 Å². The van der Waals surface area contributed by atoms with Crippen molar-refractivity contribution in [2.45, 2.75) is 13.0 Å². The van der Waals surface area contributed by atoms with Gasteiger partial charge in [0.2, 0.25) is 11.9 Å². The predicted molar refractivity (Wildman–Crippen MR) is 96.9 cm³/mol. The van der Waals surface area contributed by atoms with Gasteiger partial charge in [-0.3, -0.25) is 9.69 Å². The van der Waals surface area contributed by atoms with E-state index in [-0.39, 0.29) is 11.9 Å². The molecule has 132 valence electrons. The van der Waals surface area contributed by atoms with Crippen LogP contribution in [-0.2, 0) is 4.79 Å². The minimum atomic E-state index is -0.204. The van der Waals surface area contributed by atoms with Gasteiger partial charge in [0.1, 0.15) is 5.75 Å². The van der Waals surface area contributed by atoms with Crippen LogP contribution in [0.1, 0.15) is 6.92 Å². The van der Waals surface area contributed by atoms with Gasteiger partial charge < -0.3 is 15.0 Å². The van der Waals surface area contributed by atoms with Crippen molar-refractivity contribution in [2.24, 2.45) is 0 Å². The van der Waals surface area contributed by atoms with Gasteiger partial charge in [-0.05, 0) is 25.1 Å². The average Bonchev–Trinajstić information content (AvgIpc) is 2.68. The van der Waals surface area contributed by atoms with Crippen LogP contribution < -0.4 is 15.0 Å². The lowest BCUT2D eigenvalue weighted by atomic mass is 10.2. The Hall–Kier alpha value is -2.67. The fourth-order valence-electron chi connectivity index (χ4n) is 2.88. The van der Waals surface area contributed by atoms with Crippen molar-refractivity contribution in [3.05, 3.63) is 42.7 Å². The predicted octanol–water partition coefficient (Wildman–Crippen LogP) is 1.63. The second-order valence-electron chi connectivity index (χ2n) is 5.97. The number of rotatable bonds is 5. The number of benzene rings is 1. The minimum Gasteiger partial charge on any atom is -0.497 e. The van der Waals surface area contributed by atoms with Crippen molar-refractivity contribution < 1.29 is 9.53 Å². The van der Waals surface area contributed by atoms with Gasteiger partial charge in [0, 0.05) is 50.3 Å². The van der Waals surface area contributed by atoms with Crippen LogP contribution >= 0.6 is 0 Å². The summed E-state index contributed by atoms with van der Waals surface area (Å²) in [4.78, 5) is 25.4. The average molecular weight is 341 g/mol. The Kier molecular flexibility index (Phi) is 5.45. The van der Waals surface area contributed by atoms with Gasteiger partial charge in [-0.15, -0.1) is 0 Å². The molecular weight excluding hydrogens is 318 g/mol. The highest BCUT2D eigenvalue weighted by Gasteiger charge is 2.26. The number of aromatic nitrogens is 2. The molecular formula is C18H23N5O2. The van der Waals surface area contributed by atoms with Gasteiger partial charge >= 0.3 is 0 Å². The molecule has 2 heterocycles.